The van der Waals surface area contributed by atoms with Gasteiger partial charge in [0, 0.05) is 5.69 Å². The van der Waals surface area contributed by atoms with Crippen molar-refractivity contribution in [3.63, 3.8) is 0 Å². The quantitative estimate of drug-likeness (QED) is 0.697. The minimum Gasteiger partial charge on any atom is -0.399 e. The predicted molar refractivity (Wildman–Crippen MR) is 64.0 cm³/mol. The molecule has 0 saturated carbocycles. The second-order valence-corrected chi connectivity index (χ2v) is 4.59. The van der Waals surface area contributed by atoms with Gasteiger partial charge < -0.3 is 16.2 Å². The third kappa shape index (κ3) is 3.17. The van der Waals surface area contributed by atoms with Crippen molar-refractivity contribution < 1.29 is 14.3 Å². The number of aliphatic hydroxyl groups is 1. The minimum atomic E-state index is -0.839. The van der Waals surface area contributed by atoms with Gasteiger partial charge in [-0.05, 0) is 39.0 Å². The fraction of sp³-hybridized carbons (Fsp3) is 0.417. The molecule has 17 heavy (non-hydrogen) atoms. The highest BCUT2D eigenvalue weighted by atomic mass is 19.1. The molecule has 0 heterocycles. The molecular formula is C12H17FN2O2. The van der Waals surface area contributed by atoms with Crippen LogP contribution in [-0.4, -0.2) is 22.7 Å². The van der Waals surface area contributed by atoms with Crippen LogP contribution < -0.4 is 11.1 Å². The van der Waals surface area contributed by atoms with E-state index in [9.17, 15) is 14.3 Å². The number of halogens is 1. The van der Waals surface area contributed by atoms with Crippen LogP contribution in [-0.2, 0) is 0 Å². The van der Waals surface area contributed by atoms with E-state index >= 15 is 0 Å². The number of aliphatic hydroxyl groups excluding tert-OH is 1. The van der Waals surface area contributed by atoms with Crippen molar-refractivity contribution in [3.05, 3.63) is 29.6 Å². The molecule has 0 aliphatic rings. The van der Waals surface area contributed by atoms with Crippen LogP contribution in [0.4, 0.5) is 10.1 Å². The Bertz CT molecular complexity index is 431. The van der Waals surface area contributed by atoms with Crippen LogP contribution in [0.5, 0.6) is 0 Å². The van der Waals surface area contributed by atoms with E-state index in [4.69, 9.17) is 5.73 Å². The molecule has 1 aromatic rings. The first-order chi connectivity index (χ1) is 7.74. The van der Waals surface area contributed by atoms with Crippen LogP contribution in [0, 0.1) is 5.82 Å². The zero-order valence-corrected chi connectivity index (χ0v) is 10.1. The summed E-state index contributed by atoms with van der Waals surface area (Å²) in [5, 5.41) is 12.0. The Morgan fingerprint density at radius 3 is 2.65 bits per heavy atom. The van der Waals surface area contributed by atoms with Gasteiger partial charge in [-0.2, -0.15) is 0 Å². The summed E-state index contributed by atoms with van der Waals surface area (Å²) >= 11 is 0. The number of carbonyl (C=O) groups is 1. The van der Waals surface area contributed by atoms with Crippen molar-refractivity contribution in [1.29, 1.82) is 0 Å². The van der Waals surface area contributed by atoms with Gasteiger partial charge in [0.1, 0.15) is 5.82 Å². The summed E-state index contributed by atoms with van der Waals surface area (Å²) < 4.78 is 13.4. The fourth-order valence-corrected chi connectivity index (χ4v) is 1.18. The van der Waals surface area contributed by atoms with Crippen LogP contribution in [0.1, 0.15) is 31.1 Å². The lowest BCUT2D eigenvalue weighted by Gasteiger charge is -2.29. The summed E-state index contributed by atoms with van der Waals surface area (Å²) in [6, 6.07) is 3.79. The zero-order chi connectivity index (χ0) is 13.2. The number of nitrogen functional groups attached to an aromatic ring is 1. The highest BCUT2D eigenvalue weighted by Crippen LogP contribution is 2.15. The Labute approximate surface area is 99.6 Å². The van der Waals surface area contributed by atoms with Gasteiger partial charge in [0.15, 0.2) is 0 Å². The molecule has 1 aromatic carbocycles. The molecule has 4 nitrogen and oxygen atoms in total. The highest BCUT2D eigenvalue weighted by molar-refractivity contribution is 5.95. The molecule has 94 valence electrons. The molecule has 1 amide bonds. The van der Waals surface area contributed by atoms with Gasteiger partial charge in [-0.25, -0.2) is 4.39 Å². The number of amides is 1. The maximum atomic E-state index is 13.4. The maximum absolute atomic E-state index is 13.4. The predicted octanol–water partition coefficient (Wildman–Crippen LogP) is 1.30. The van der Waals surface area contributed by atoms with Gasteiger partial charge in [-0.1, -0.05) is 0 Å². The van der Waals surface area contributed by atoms with Gasteiger partial charge in [-0.15, -0.1) is 0 Å². The lowest BCUT2D eigenvalue weighted by Crippen LogP contribution is -2.51. The van der Waals surface area contributed by atoms with Crippen molar-refractivity contribution in [2.75, 3.05) is 5.73 Å². The van der Waals surface area contributed by atoms with Crippen molar-refractivity contribution in [3.8, 4) is 0 Å². The minimum absolute atomic E-state index is 0.126. The van der Waals surface area contributed by atoms with Crippen molar-refractivity contribution in [2.45, 2.75) is 32.4 Å². The summed E-state index contributed by atoms with van der Waals surface area (Å²) in [4.78, 5) is 11.8. The molecule has 0 spiro atoms. The van der Waals surface area contributed by atoms with Crippen LogP contribution in [0.25, 0.3) is 0 Å². The van der Waals surface area contributed by atoms with Crippen molar-refractivity contribution in [1.82, 2.24) is 5.32 Å². The molecule has 1 unspecified atom stereocenters. The van der Waals surface area contributed by atoms with Crippen molar-refractivity contribution in [2.24, 2.45) is 0 Å². The highest BCUT2D eigenvalue weighted by Gasteiger charge is 2.27. The average Bonchev–Trinajstić information content (AvgIpc) is 2.20. The molecule has 0 aliphatic heterocycles. The number of hydrogen-bond acceptors (Lipinski definition) is 3. The zero-order valence-electron chi connectivity index (χ0n) is 10.1. The summed E-state index contributed by atoms with van der Waals surface area (Å²) in [7, 11) is 0. The Hall–Kier alpha value is -1.62. The number of benzene rings is 1. The number of nitrogens with one attached hydrogen (secondary N) is 1. The van der Waals surface area contributed by atoms with Crippen LogP contribution in [0.15, 0.2) is 18.2 Å². The Kier molecular flexibility index (Phi) is 3.72. The van der Waals surface area contributed by atoms with Gasteiger partial charge in [0.2, 0.25) is 0 Å². The smallest absolute Gasteiger partial charge is 0.254 e. The van der Waals surface area contributed by atoms with Gasteiger partial charge in [0.25, 0.3) is 5.91 Å². The topological polar surface area (TPSA) is 75.3 Å². The average molecular weight is 240 g/mol. The molecule has 0 radical (unpaired) electrons. The SMILES string of the molecule is CC(O)C(C)(C)NC(=O)c1cc(N)ccc1F. The first kappa shape index (κ1) is 13.4. The fourth-order valence-electron chi connectivity index (χ4n) is 1.18. The molecular weight excluding hydrogens is 223 g/mol. The lowest BCUT2D eigenvalue weighted by atomic mass is 9.98. The normalized spacial score (nSPS) is 13.2. The molecule has 4 N–H and O–H groups in total. The largest absolute Gasteiger partial charge is 0.399 e. The number of carbonyl (C=O) groups excluding carboxylic acids is 1. The van der Waals surface area contributed by atoms with Gasteiger partial charge in [-0.3, -0.25) is 4.79 Å². The Morgan fingerprint density at radius 2 is 2.12 bits per heavy atom. The first-order valence-corrected chi connectivity index (χ1v) is 5.29. The molecule has 0 aromatic heterocycles. The van der Waals surface area contributed by atoms with E-state index in [0.29, 0.717) is 5.69 Å². The first-order valence-electron chi connectivity index (χ1n) is 5.29. The molecule has 5 heteroatoms. The monoisotopic (exact) mass is 240 g/mol. The molecule has 1 atom stereocenters. The van der Waals surface area contributed by atoms with E-state index in [1.807, 2.05) is 0 Å². The van der Waals surface area contributed by atoms with Gasteiger partial charge in [0.05, 0.1) is 17.2 Å². The number of nitrogens with two attached hydrogens (primary N) is 1. The van der Waals surface area contributed by atoms with Gasteiger partial charge >= 0.3 is 0 Å². The second-order valence-electron chi connectivity index (χ2n) is 4.59. The van der Waals surface area contributed by atoms with E-state index < -0.39 is 23.4 Å². The lowest BCUT2D eigenvalue weighted by molar-refractivity contribution is 0.0706. The standard InChI is InChI=1S/C12H17FN2O2/c1-7(16)12(2,3)15-11(17)9-6-8(14)4-5-10(9)13/h4-7,16H,14H2,1-3H3,(H,15,17). The molecule has 0 fully saturated rings. The summed E-state index contributed by atoms with van der Waals surface area (Å²) in [6.45, 7) is 4.86. The second kappa shape index (κ2) is 4.71. The number of rotatable bonds is 3. The van der Waals surface area contributed by atoms with E-state index in [1.165, 1.54) is 12.1 Å². The maximum Gasteiger partial charge on any atom is 0.254 e. The van der Waals surface area contributed by atoms with E-state index in [2.05, 4.69) is 5.32 Å². The van der Waals surface area contributed by atoms with E-state index in [-0.39, 0.29) is 5.56 Å². The summed E-state index contributed by atoms with van der Waals surface area (Å²) in [5.74, 6) is -1.24. The van der Waals surface area contributed by atoms with E-state index in [1.54, 1.807) is 20.8 Å². The summed E-state index contributed by atoms with van der Waals surface area (Å²) in [5.41, 5.74) is 4.84. The molecule has 0 saturated heterocycles. The summed E-state index contributed by atoms with van der Waals surface area (Å²) in [6.07, 6.45) is -0.754. The number of hydrogen-bond donors (Lipinski definition) is 3. The molecule has 0 aliphatic carbocycles. The molecule has 0 bridgehead atoms. The Morgan fingerprint density at radius 1 is 1.53 bits per heavy atom. The molecule has 1 rings (SSSR count). The third-order valence-corrected chi connectivity index (χ3v) is 2.72. The Balaban J connectivity index is 2.94. The third-order valence-electron chi connectivity index (χ3n) is 2.72. The van der Waals surface area contributed by atoms with Crippen LogP contribution in [0.2, 0.25) is 0 Å². The van der Waals surface area contributed by atoms with E-state index in [0.717, 1.165) is 6.07 Å². The number of anilines is 1. The van der Waals surface area contributed by atoms with Crippen LogP contribution >= 0.6 is 0 Å². The van der Waals surface area contributed by atoms with Crippen LogP contribution in [0.3, 0.4) is 0 Å². The van der Waals surface area contributed by atoms with Crippen molar-refractivity contribution >= 4 is 11.6 Å².